The number of likely N-dealkylation sites (N-methyl/N-ethyl adjacent to an activating group) is 1. The number of carbonyl (C=O) groups excluding carboxylic acids is 1. The lowest BCUT2D eigenvalue weighted by molar-refractivity contribution is -0.127. The van der Waals surface area contributed by atoms with Crippen molar-refractivity contribution in [2.45, 2.75) is 6.92 Å². The van der Waals surface area contributed by atoms with E-state index in [0.29, 0.717) is 13.1 Å². The fraction of sp³-hybridized carbons (Fsp3) is 0.714. The number of nitrogens with one attached hydrogen (secondary N) is 1. The van der Waals surface area contributed by atoms with E-state index in [2.05, 4.69) is 28.1 Å². The molecule has 110 valence electrons. The number of amides is 1. The van der Waals surface area contributed by atoms with Crippen molar-refractivity contribution in [1.29, 1.82) is 5.26 Å². The Kier molecular flexibility index (Phi) is 5.39. The summed E-state index contributed by atoms with van der Waals surface area (Å²) in [5.41, 5.74) is 0.261. The maximum absolute atomic E-state index is 12.3. The van der Waals surface area contributed by atoms with Gasteiger partial charge in [0.05, 0.1) is 0 Å². The molecule has 0 radical (unpaired) electrons. The van der Waals surface area contributed by atoms with Gasteiger partial charge < -0.3 is 20.0 Å². The number of hydrogen-bond donors (Lipinski definition) is 1. The number of hydrogen-bond acceptors (Lipinski definition) is 5. The first-order chi connectivity index (χ1) is 9.74. The highest BCUT2D eigenvalue weighted by molar-refractivity contribution is 5.97. The molecule has 6 nitrogen and oxygen atoms in total. The summed E-state index contributed by atoms with van der Waals surface area (Å²) >= 11 is 0. The SMILES string of the molecule is CCN1CCN(/C=C(/C#N)C(=O)N2CCNCC2)CC1. The summed E-state index contributed by atoms with van der Waals surface area (Å²) in [6.07, 6.45) is 1.75. The Bertz CT molecular complexity index is 400. The molecule has 6 heteroatoms. The highest BCUT2D eigenvalue weighted by atomic mass is 16.2. The average molecular weight is 277 g/mol. The van der Waals surface area contributed by atoms with Crippen molar-refractivity contribution in [1.82, 2.24) is 20.0 Å². The van der Waals surface area contributed by atoms with Crippen LogP contribution >= 0.6 is 0 Å². The van der Waals surface area contributed by atoms with Crippen LogP contribution in [0.3, 0.4) is 0 Å². The average Bonchev–Trinajstić information content (AvgIpc) is 2.53. The van der Waals surface area contributed by atoms with Gasteiger partial charge in [0, 0.05) is 58.6 Å². The van der Waals surface area contributed by atoms with Crippen LogP contribution in [0, 0.1) is 11.3 Å². The second kappa shape index (κ2) is 7.27. The minimum atomic E-state index is -0.132. The largest absolute Gasteiger partial charge is 0.374 e. The molecule has 0 atom stereocenters. The molecule has 0 aromatic heterocycles. The Labute approximate surface area is 120 Å². The predicted octanol–water partition coefficient (Wildman–Crippen LogP) is -0.537. The summed E-state index contributed by atoms with van der Waals surface area (Å²) in [5, 5.41) is 12.4. The van der Waals surface area contributed by atoms with E-state index in [1.54, 1.807) is 11.1 Å². The molecule has 2 aliphatic rings. The van der Waals surface area contributed by atoms with Gasteiger partial charge in [-0.3, -0.25) is 4.79 Å². The number of carbonyl (C=O) groups is 1. The first kappa shape index (κ1) is 14.8. The molecule has 0 aliphatic carbocycles. The van der Waals surface area contributed by atoms with Gasteiger partial charge in [-0.15, -0.1) is 0 Å². The highest BCUT2D eigenvalue weighted by Gasteiger charge is 2.21. The maximum atomic E-state index is 12.3. The van der Waals surface area contributed by atoms with Crippen molar-refractivity contribution in [2.24, 2.45) is 0 Å². The summed E-state index contributed by atoms with van der Waals surface area (Å²) in [7, 11) is 0. The second-order valence-electron chi connectivity index (χ2n) is 5.17. The summed E-state index contributed by atoms with van der Waals surface area (Å²) in [4.78, 5) is 18.5. The molecule has 1 amide bonds. The Balaban J connectivity index is 1.95. The third-order valence-corrected chi connectivity index (χ3v) is 3.92. The minimum Gasteiger partial charge on any atom is -0.374 e. The van der Waals surface area contributed by atoms with Crippen molar-refractivity contribution >= 4 is 5.91 Å². The van der Waals surface area contributed by atoms with Crippen LogP contribution in [0.5, 0.6) is 0 Å². The Morgan fingerprint density at radius 1 is 1.20 bits per heavy atom. The van der Waals surface area contributed by atoms with E-state index in [1.807, 2.05) is 0 Å². The second-order valence-corrected chi connectivity index (χ2v) is 5.17. The molecule has 2 rings (SSSR count). The molecular weight excluding hydrogens is 254 g/mol. The van der Waals surface area contributed by atoms with Crippen LogP contribution in [-0.4, -0.2) is 79.5 Å². The quantitative estimate of drug-likeness (QED) is 0.555. The van der Waals surface area contributed by atoms with E-state index in [1.165, 1.54) is 0 Å². The normalized spacial score (nSPS) is 21.7. The minimum absolute atomic E-state index is 0.132. The van der Waals surface area contributed by atoms with Gasteiger partial charge in [0.25, 0.3) is 5.91 Å². The molecule has 0 spiro atoms. The fourth-order valence-electron chi connectivity index (χ4n) is 2.56. The Hall–Kier alpha value is -1.58. The van der Waals surface area contributed by atoms with Gasteiger partial charge in [-0.25, -0.2) is 0 Å². The molecule has 2 aliphatic heterocycles. The molecule has 0 unspecified atom stereocenters. The zero-order chi connectivity index (χ0) is 14.4. The summed E-state index contributed by atoms with van der Waals surface area (Å²) in [6, 6.07) is 2.07. The van der Waals surface area contributed by atoms with E-state index in [0.717, 1.165) is 45.8 Å². The van der Waals surface area contributed by atoms with Crippen LogP contribution in [0.2, 0.25) is 0 Å². The summed E-state index contributed by atoms with van der Waals surface area (Å²) in [5.74, 6) is -0.132. The van der Waals surface area contributed by atoms with Crippen molar-refractivity contribution in [3.05, 3.63) is 11.8 Å². The Morgan fingerprint density at radius 3 is 2.40 bits per heavy atom. The van der Waals surface area contributed by atoms with E-state index < -0.39 is 0 Å². The lowest BCUT2D eigenvalue weighted by Gasteiger charge is -2.33. The smallest absolute Gasteiger partial charge is 0.266 e. The van der Waals surface area contributed by atoms with Gasteiger partial charge >= 0.3 is 0 Å². The van der Waals surface area contributed by atoms with Crippen molar-refractivity contribution in [3.63, 3.8) is 0 Å². The van der Waals surface area contributed by atoms with E-state index in [4.69, 9.17) is 0 Å². The zero-order valence-electron chi connectivity index (χ0n) is 12.1. The van der Waals surface area contributed by atoms with Gasteiger partial charge in [-0.2, -0.15) is 5.26 Å². The van der Waals surface area contributed by atoms with Gasteiger partial charge in [0.2, 0.25) is 0 Å². The van der Waals surface area contributed by atoms with Crippen molar-refractivity contribution < 1.29 is 4.79 Å². The molecule has 2 heterocycles. The molecule has 0 aromatic rings. The van der Waals surface area contributed by atoms with Crippen LogP contribution in [-0.2, 0) is 4.79 Å². The maximum Gasteiger partial charge on any atom is 0.266 e. The van der Waals surface area contributed by atoms with Crippen LogP contribution in [0.1, 0.15) is 6.92 Å². The summed E-state index contributed by atoms with van der Waals surface area (Å²) in [6.45, 7) is 9.94. The van der Waals surface area contributed by atoms with Crippen molar-refractivity contribution in [3.8, 4) is 6.07 Å². The van der Waals surface area contributed by atoms with Gasteiger partial charge in [0.15, 0.2) is 0 Å². The number of piperazine rings is 2. The molecule has 1 N–H and O–H groups in total. The standard InChI is InChI=1S/C14H23N5O/c1-2-17-7-9-18(10-8-17)12-13(11-15)14(20)19-5-3-16-4-6-19/h12,16H,2-10H2,1H3/b13-12-. The molecule has 2 saturated heterocycles. The van der Waals surface area contributed by atoms with E-state index in [9.17, 15) is 10.1 Å². The molecular formula is C14H23N5O. The first-order valence-electron chi connectivity index (χ1n) is 7.33. The summed E-state index contributed by atoms with van der Waals surface area (Å²) < 4.78 is 0. The molecule has 0 saturated carbocycles. The topological polar surface area (TPSA) is 62.6 Å². The van der Waals surface area contributed by atoms with E-state index >= 15 is 0 Å². The number of rotatable bonds is 3. The monoisotopic (exact) mass is 277 g/mol. The molecule has 0 bridgehead atoms. The van der Waals surface area contributed by atoms with E-state index in [-0.39, 0.29) is 11.5 Å². The van der Waals surface area contributed by atoms with Crippen molar-refractivity contribution in [2.75, 3.05) is 58.9 Å². The van der Waals surface area contributed by atoms with Crippen LogP contribution in [0.15, 0.2) is 11.8 Å². The fourth-order valence-corrected chi connectivity index (χ4v) is 2.56. The third kappa shape index (κ3) is 3.71. The van der Waals surface area contributed by atoms with Gasteiger partial charge in [-0.05, 0) is 6.54 Å². The van der Waals surface area contributed by atoms with Gasteiger partial charge in [-0.1, -0.05) is 6.92 Å². The first-order valence-corrected chi connectivity index (χ1v) is 7.33. The number of nitriles is 1. The Morgan fingerprint density at radius 2 is 1.85 bits per heavy atom. The molecule has 2 fully saturated rings. The molecule has 20 heavy (non-hydrogen) atoms. The van der Waals surface area contributed by atoms with Gasteiger partial charge in [0.1, 0.15) is 11.6 Å². The lowest BCUT2D eigenvalue weighted by Crippen LogP contribution is -2.47. The lowest BCUT2D eigenvalue weighted by atomic mass is 10.2. The predicted molar refractivity (Wildman–Crippen MR) is 76.8 cm³/mol. The van der Waals surface area contributed by atoms with Crippen LogP contribution in [0.4, 0.5) is 0 Å². The highest BCUT2D eigenvalue weighted by Crippen LogP contribution is 2.08. The zero-order valence-corrected chi connectivity index (χ0v) is 12.1. The third-order valence-electron chi connectivity index (χ3n) is 3.92. The number of nitrogens with zero attached hydrogens (tertiary/aromatic N) is 4. The van der Waals surface area contributed by atoms with Crippen LogP contribution < -0.4 is 5.32 Å². The van der Waals surface area contributed by atoms with Crippen LogP contribution in [0.25, 0.3) is 0 Å². The molecule has 0 aromatic carbocycles.